The van der Waals surface area contributed by atoms with Crippen LogP contribution in [0.1, 0.15) is 91.4 Å². The Kier molecular flexibility index (Phi) is 12.3. The van der Waals surface area contributed by atoms with Crippen molar-refractivity contribution in [2.45, 2.75) is 97.5 Å². The highest BCUT2D eigenvalue weighted by atomic mass is 16.5. The van der Waals surface area contributed by atoms with E-state index in [-0.39, 0.29) is 0 Å². The van der Waals surface area contributed by atoms with E-state index >= 15 is 0 Å². The second-order valence-corrected chi connectivity index (χ2v) is 7.00. The number of hydrogen-bond donors (Lipinski definition) is 1. The van der Waals surface area contributed by atoms with Crippen LogP contribution in [0.5, 0.6) is 0 Å². The minimum absolute atomic E-state index is 0.414. The third-order valence-electron chi connectivity index (χ3n) is 4.97. The van der Waals surface area contributed by atoms with E-state index in [1.54, 1.807) is 13.8 Å². The monoisotopic (exact) mass is 339 g/mol. The molecule has 4 nitrogen and oxygen atoms in total. The van der Waals surface area contributed by atoms with E-state index in [1.807, 2.05) is 0 Å². The fourth-order valence-electron chi connectivity index (χ4n) is 2.86. The molecule has 2 N–H and O–H groups in total. The Bertz CT molecular complexity index is 381. The Morgan fingerprint density at radius 2 is 1.50 bits per heavy atom. The van der Waals surface area contributed by atoms with Crippen molar-refractivity contribution in [1.29, 1.82) is 0 Å². The lowest BCUT2D eigenvalue weighted by atomic mass is 9.79. The third-order valence-corrected chi connectivity index (χ3v) is 4.97. The maximum absolute atomic E-state index is 11.8. The Labute approximate surface area is 148 Å². The lowest BCUT2D eigenvalue weighted by Crippen LogP contribution is -2.44. The Balaban J connectivity index is 3.99. The molecule has 0 fully saturated rings. The molecule has 0 heterocycles. The number of primary amides is 1. The Morgan fingerprint density at radius 1 is 1.04 bits per heavy atom. The summed E-state index contributed by atoms with van der Waals surface area (Å²) in [7, 11) is 0. The van der Waals surface area contributed by atoms with Crippen LogP contribution in [0.15, 0.2) is 12.7 Å². The van der Waals surface area contributed by atoms with Crippen LogP contribution in [-0.2, 0) is 14.3 Å². The van der Waals surface area contributed by atoms with Gasteiger partial charge < -0.3 is 10.5 Å². The molecule has 0 aromatic rings. The molecule has 1 amide bonds. The number of amides is 1. The maximum atomic E-state index is 11.8. The van der Waals surface area contributed by atoms with Crippen LogP contribution >= 0.6 is 0 Å². The molecule has 0 spiro atoms. The highest BCUT2D eigenvalue weighted by molar-refractivity contribution is 5.84. The van der Waals surface area contributed by atoms with Gasteiger partial charge in [-0.3, -0.25) is 4.79 Å². The molecular weight excluding hydrogens is 302 g/mol. The van der Waals surface area contributed by atoms with Crippen molar-refractivity contribution in [3.05, 3.63) is 12.7 Å². The van der Waals surface area contributed by atoms with E-state index in [9.17, 15) is 9.59 Å². The van der Waals surface area contributed by atoms with Gasteiger partial charge in [-0.25, -0.2) is 4.79 Å². The van der Waals surface area contributed by atoms with E-state index in [4.69, 9.17) is 10.5 Å². The summed E-state index contributed by atoms with van der Waals surface area (Å²) in [6, 6.07) is 0. The second kappa shape index (κ2) is 13.0. The zero-order valence-corrected chi connectivity index (χ0v) is 15.9. The number of unbranched alkanes of at least 4 members (excludes halogenated alkanes) is 9. The lowest BCUT2D eigenvalue weighted by Gasteiger charge is -2.31. The highest BCUT2D eigenvalue weighted by Gasteiger charge is 2.38. The number of esters is 1. The van der Waals surface area contributed by atoms with Gasteiger partial charge in [0.2, 0.25) is 5.91 Å². The molecule has 0 rings (SSSR count). The lowest BCUT2D eigenvalue weighted by molar-refractivity contribution is -0.153. The molecule has 2 unspecified atom stereocenters. The molecule has 0 radical (unpaired) electrons. The van der Waals surface area contributed by atoms with Crippen LogP contribution in [0.2, 0.25) is 0 Å². The van der Waals surface area contributed by atoms with E-state index in [0.717, 1.165) is 18.9 Å². The maximum Gasteiger partial charge on any atom is 0.330 e. The molecular formula is C20H37NO3. The second-order valence-electron chi connectivity index (χ2n) is 7.00. The Hall–Kier alpha value is -1.32. The summed E-state index contributed by atoms with van der Waals surface area (Å²) in [6.07, 6.45) is 13.6. The smallest absolute Gasteiger partial charge is 0.330 e. The van der Waals surface area contributed by atoms with Crippen LogP contribution in [0, 0.1) is 5.41 Å². The van der Waals surface area contributed by atoms with Crippen molar-refractivity contribution in [3.8, 4) is 0 Å². The van der Waals surface area contributed by atoms with Crippen LogP contribution < -0.4 is 5.73 Å². The minimum Gasteiger partial charge on any atom is -0.458 e. The summed E-state index contributed by atoms with van der Waals surface area (Å²) in [6.45, 7) is 9.12. The quantitative estimate of drug-likeness (QED) is 0.262. The van der Waals surface area contributed by atoms with Gasteiger partial charge >= 0.3 is 5.97 Å². The fourth-order valence-corrected chi connectivity index (χ4v) is 2.86. The average Bonchev–Trinajstić information content (AvgIpc) is 2.55. The predicted octanol–water partition coefficient (Wildman–Crippen LogP) is 4.91. The van der Waals surface area contributed by atoms with Crippen LogP contribution in [0.25, 0.3) is 0 Å². The van der Waals surface area contributed by atoms with Crippen LogP contribution in [0.4, 0.5) is 0 Å². The molecule has 140 valence electrons. The number of carbonyl (C=O) groups is 2. The van der Waals surface area contributed by atoms with E-state index < -0.39 is 23.4 Å². The molecule has 0 aliphatic carbocycles. The van der Waals surface area contributed by atoms with Gasteiger partial charge in [-0.2, -0.15) is 0 Å². The van der Waals surface area contributed by atoms with Crippen molar-refractivity contribution >= 4 is 11.9 Å². The zero-order chi connectivity index (χ0) is 18.4. The van der Waals surface area contributed by atoms with Crippen LogP contribution in [0.3, 0.4) is 0 Å². The van der Waals surface area contributed by atoms with Crippen molar-refractivity contribution in [1.82, 2.24) is 0 Å². The summed E-state index contributed by atoms with van der Waals surface area (Å²) < 4.78 is 5.21. The van der Waals surface area contributed by atoms with Gasteiger partial charge in [0.1, 0.15) is 6.10 Å². The van der Waals surface area contributed by atoms with Gasteiger partial charge in [-0.15, -0.1) is 0 Å². The highest BCUT2D eigenvalue weighted by Crippen LogP contribution is 2.31. The first-order valence-corrected chi connectivity index (χ1v) is 9.51. The first-order chi connectivity index (χ1) is 11.4. The topological polar surface area (TPSA) is 69.4 Å². The number of carbonyl (C=O) groups excluding carboxylic acids is 2. The third kappa shape index (κ3) is 9.09. The van der Waals surface area contributed by atoms with Crippen molar-refractivity contribution < 1.29 is 14.3 Å². The molecule has 0 aromatic carbocycles. The van der Waals surface area contributed by atoms with Crippen molar-refractivity contribution in [2.24, 2.45) is 11.1 Å². The predicted molar refractivity (Wildman–Crippen MR) is 99.5 cm³/mol. The number of nitrogens with two attached hydrogens (primary N) is 1. The largest absolute Gasteiger partial charge is 0.458 e. The first-order valence-electron chi connectivity index (χ1n) is 9.51. The summed E-state index contributed by atoms with van der Waals surface area (Å²) in [4.78, 5) is 23.2. The molecule has 24 heavy (non-hydrogen) atoms. The molecule has 0 saturated carbocycles. The molecule has 0 aliphatic rings. The zero-order valence-electron chi connectivity index (χ0n) is 15.9. The Morgan fingerprint density at radius 3 is 1.92 bits per heavy atom. The number of ether oxygens (including phenoxy) is 1. The van der Waals surface area contributed by atoms with Crippen molar-refractivity contribution in [3.63, 3.8) is 0 Å². The molecule has 0 aromatic heterocycles. The fraction of sp³-hybridized carbons (Fsp3) is 0.800. The number of rotatable bonds is 15. The average molecular weight is 340 g/mol. The normalized spacial score (nSPS) is 14.6. The van der Waals surface area contributed by atoms with E-state index in [2.05, 4.69) is 13.5 Å². The SMILES string of the molecule is C=CC(=O)OC(C)C(C)(CCCCCCCCCCCC)C(N)=O. The standard InChI is InChI=1S/C20H37NO3/c1-5-7-8-9-10-11-12-13-14-15-16-20(4,19(21)23)17(3)24-18(22)6-2/h6,17H,2,5,7-16H2,1,3-4H3,(H2,21,23). The van der Waals surface area contributed by atoms with E-state index in [1.165, 1.54) is 51.4 Å². The molecule has 0 saturated heterocycles. The summed E-state index contributed by atoms with van der Waals surface area (Å²) in [5.74, 6) is -0.930. The molecule has 4 heteroatoms. The molecule has 2 atom stereocenters. The minimum atomic E-state index is -0.821. The summed E-state index contributed by atoms with van der Waals surface area (Å²) >= 11 is 0. The van der Waals surface area contributed by atoms with Gasteiger partial charge in [0, 0.05) is 6.08 Å². The summed E-state index contributed by atoms with van der Waals surface area (Å²) in [5, 5.41) is 0. The summed E-state index contributed by atoms with van der Waals surface area (Å²) in [5.41, 5.74) is 4.73. The molecule has 0 aliphatic heterocycles. The van der Waals surface area contributed by atoms with Gasteiger partial charge in [-0.1, -0.05) is 77.7 Å². The number of hydrogen-bond acceptors (Lipinski definition) is 3. The van der Waals surface area contributed by atoms with Gasteiger partial charge in [-0.05, 0) is 20.3 Å². The first kappa shape index (κ1) is 22.7. The van der Waals surface area contributed by atoms with Crippen molar-refractivity contribution in [2.75, 3.05) is 0 Å². The van der Waals surface area contributed by atoms with Gasteiger partial charge in [0.15, 0.2) is 0 Å². The van der Waals surface area contributed by atoms with E-state index in [0.29, 0.717) is 6.42 Å². The van der Waals surface area contributed by atoms with Gasteiger partial charge in [0.05, 0.1) is 5.41 Å². The van der Waals surface area contributed by atoms with Crippen LogP contribution in [-0.4, -0.2) is 18.0 Å². The van der Waals surface area contributed by atoms with Gasteiger partial charge in [0.25, 0.3) is 0 Å². The molecule has 0 bridgehead atoms.